The highest BCUT2D eigenvalue weighted by Crippen LogP contribution is 2.35. The average Bonchev–Trinajstić information content (AvgIpc) is 2.76. The number of benzene rings is 3. The Bertz CT molecular complexity index is 893. The van der Waals surface area contributed by atoms with Crippen molar-refractivity contribution in [1.82, 2.24) is 0 Å². The fourth-order valence-corrected chi connectivity index (χ4v) is 3.47. The quantitative estimate of drug-likeness (QED) is 0.523. The van der Waals surface area contributed by atoms with Gasteiger partial charge >= 0.3 is 0 Å². The zero-order valence-electron chi connectivity index (χ0n) is 16.8. The molecule has 28 heavy (non-hydrogen) atoms. The highest BCUT2D eigenvalue weighted by atomic mass is 16.2. The van der Waals surface area contributed by atoms with E-state index in [-0.39, 0.29) is 18.0 Å². The summed E-state index contributed by atoms with van der Waals surface area (Å²) in [6.45, 7) is 6.13. The van der Waals surface area contributed by atoms with Gasteiger partial charge in [0, 0.05) is 12.5 Å². The molecule has 1 amide bonds. The average molecular weight is 373 g/mol. The molecule has 144 valence electrons. The van der Waals surface area contributed by atoms with Gasteiger partial charge in [0.2, 0.25) is 5.91 Å². The Morgan fingerprint density at radius 1 is 0.821 bits per heavy atom. The van der Waals surface area contributed by atoms with Gasteiger partial charge in [-0.1, -0.05) is 79.7 Å². The molecule has 3 aromatic rings. The Hall–Kier alpha value is -3.07. The first-order valence-corrected chi connectivity index (χ1v) is 9.89. The topological polar surface area (TPSA) is 32.3 Å². The molecular weight excluding hydrogens is 344 g/mol. The summed E-state index contributed by atoms with van der Waals surface area (Å²) in [5, 5.41) is 3.60. The predicted molar refractivity (Wildman–Crippen MR) is 118 cm³/mol. The molecule has 3 rings (SSSR count). The van der Waals surface area contributed by atoms with Crippen LogP contribution in [0.4, 0.5) is 11.4 Å². The standard InChI is InChI=1S/C25H28N2O/c1-4-25(28)27(20(3)22-15-9-6-10-16-22)24-18-12-11-17-23(24)26-19(2)21-13-7-5-8-14-21/h5-20,26H,4H2,1-3H3/t19-,20-/m0/s1. The molecule has 0 saturated carbocycles. The molecule has 1 N–H and O–H groups in total. The van der Waals surface area contributed by atoms with Gasteiger partial charge in [0.15, 0.2) is 0 Å². The van der Waals surface area contributed by atoms with Crippen LogP contribution in [0.15, 0.2) is 84.9 Å². The lowest BCUT2D eigenvalue weighted by Gasteiger charge is -2.32. The van der Waals surface area contributed by atoms with Gasteiger partial charge in [0.1, 0.15) is 0 Å². The molecule has 0 bridgehead atoms. The minimum atomic E-state index is -0.0522. The van der Waals surface area contributed by atoms with E-state index in [1.54, 1.807) is 0 Å². The van der Waals surface area contributed by atoms with Crippen LogP contribution in [-0.4, -0.2) is 5.91 Å². The number of hydrogen-bond acceptors (Lipinski definition) is 2. The Morgan fingerprint density at radius 3 is 1.96 bits per heavy atom. The number of nitrogens with zero attached hydrogens (tertiary/aromatic N) is 1. The van der Waals surface area contributed by atoms with Crippen LogP contribution in [0.25, 0.3) is 0 Å². The summed E-state index contributed by atoms with van der Waals surface area (Å²) in [5.74, 6) is 0.109. The molecule has 0 saturated heterocycles. The molecule has 0 aliphatic carbocycles. The summed E-state index contributed by atoms with van der Waals surface area (Å²) in [6, 6.07) is 28.7. The van der Waals surface area contributed by atoms with Crippen LogP contribution in [0.1, 0.15) is 50.4 Å². The molecule has 2 atom stereocenters. The normalized spacial score (nSPS) is 12.8. The fraction of sp³-hybridized carbons (Fsp3) is 0.240. The van der Waals surface area contributed by atoms with Gasteiger partial charge in [-0.25, -0.2) is 0 Å². The van der Waals surface area contributed by atoms with Crippen molar-refractivity contribution in [3.63, 3.8) is 0 Å². The lowest BCUT2D eigenvalue weighted by Crippen LogP contribution is -2.33. The van der Waals surface area contributed by atoms with E-state index < -0.39 is 0 Å². The molecule has 0 aliphatic heterocycles. The highest BCUT2D eigenvalue weighted by molar-refractivity contribution is 5.97. The Labute approximate surface area is 168 Å². The maximum atomic E-state index is 12.9. The number of hydrogen-bond donors (Lipinski definition) is 1. The summed E-state index contributed by atoms with van der Waals surface area (Å²) in [5.41, 5.74) is 4.20. The van der Waals surface area contributed by atoms with E-state index in [4.69, 9.17) is 0 Å². The first-order valence-electron chi connectivity index (χ1n) is 9.89. The first kappa shape index (κ1) is 19.7. The van der Waals surface area contributed by atoms with Crippen molar-refractivity contribution in [2.75, 3.05) is 10.2 Å². The molecule has 0 aliphatic rings. The van der Waals surface area contributed by atoms with E-state index in [1.165, 1.54) is 5.56 Å². The van der Waals surface area contributed by atoms with Crippen LogP contribution in [0.2, 0.25) is 0 Å². The van der Waals surface area contributed by atoms with Crippen LogP contribution in [0.3, 0.4) is 0 Å². The lowest BCUT2D eigenvalue weighted by atomic mass is 10.0. The van der Waals surface area contributed by atoms with Crippen LogP contribution in [-0.2, 0) is 4.79 Å². The molecule has 0 heterocycles. The van der Waals surface area contributed by atoms with Gasteiger partial charge in [-0.15, -0.1) is 0 Å². The molecule has 3 heteroatoms. The molecular formula is C25H28N2O. The fourth-order valence-electron chi connectivity index (χ4n) is 3.47. The van der Waals surface area contributed by atoms with Gasteiger partial charge in [-0.05, 0) is 37.1 Å². The first-order chi connectivity index (χ1) is 13.6. The van der Waals surface area contributed by atoms with E-state index in [2.05, 4.69) is 43.4 Å². The van der Waals surface area contributed by atoms with Crippen molar-refractivity contribution < 1.29 is 4.79 Å². The number of carbonyl (C=O) groups is 1. The summed E-state index contributed by atoms with van der Waals surface area (Å²) in [6.07, 6.45) is 0.458. The number of nitrogens with one attached hydrogen (secondary N) is 1. The van der Waals surface area contributed by atoms with Crippen LogP contribution in [0.5, 0.6) is 0 Å². The molecule has 0 fully saturated rings. The molecule has 0 spiro atoms. The SMILES string of the molecule is CCC(=O)N(c1ccccc1N[C@@H](C)c1ccccc1)[C@@H](C)c1ccccc1. The molecule has 3 nitrogen and oxygen atoms in total. The van der Waals surface area contributed by atoms with Crippen LogP contribution in [0, 0.1) is 0 Å². The smallest absolute Gasteiger partial charge is 0.227 e. The van der Waals surface area contributed by atoms with E-state index >= 15 is 0 Å². The van der Waals surface area contributed by atoms with Crippen molar-refractivity contribution in [3.05, 3.63) is 96.1 Å². The number of amides is 1. The summed E-state index contributed by atoms with van der Waals surface area (Å²) >= 11 is 0. The van der Waals surface area contributed by atoms with Crippen molar-refractivity contribution in [1.29, 1.82) is 0 Å². The molecule has 0 aromatic heterocycles. The molecule has 0 radical (unpaired) electrons. The Morgan fingerprint density at radius 2 is 1.36 bits per heavy atom. The summed E-state index contributed by atoms with van der Waals surface area (Å²) < 4.78 is 0. The Balaban J connectivity index is 1.96. The lowest BCUT2D eigenvalue weighted by molar-refractivity contribution is -0.118. The van der Waals surface area contributed by atoms with Crippen molar-refractivity contribution in [2.45, 2.75) is 39.3 Å². The molecule has 3 aromatic carbocycles. The third-order valence-corrected chi connectivity index (χ3v) is 5.08. The second-order valence-electron chi connectivity index (χ2n) is 7.00. The van der Waals surface area contributed by atoms with Gasteiger partial charge in [0.25, 0.3) is 0 Å². The maximum absolute atomic E-state index is 12.9. The summed E-state index contributed by atoms with van der Waals surface area (Å²) in [4.78, 5) is 14.8. The van der Waals surface area contributed by atoms with Crippen molar-refractivity contribution in [3.8, 4) is 0 Å². The summed E-state index contributed by atoms with van der Waals surface area (Å²) in [7, 11) is 0. The number of anilines is 2. The van der Waals surface area contributed by atoms with E-state index in [9.17, 15) is 4.79 Å². The van der Waals surface area contributed by atoms with Gasteiger partial charge < -0.3 is 10.2 Å². The van der Waals surface area contributed by atoms with E-state index in [0.717, 1.165) is 16.9 Å². The largest absolute Gasteiger partial charge is 0.377 e. The third kappa shape index (κ3) is 4.42. The van der Waals surface area contributed by atoms with Gasteiger partial charge in [-0.2, -0.15) is 0 Å². The van der Waals surface area contributed by atoms with Gasteiger partial charge in [-0.3, -0.25) is 4.79 Å². The predicted octanol–water partition coefficient (Wildman–Crippen LogP) is 6.36. The second-order valence-corrected chi connectivity index (χ2v) is 7.00. The van der Waals surface area contributed by atoms with Crippen LogP contribution >= 0.6 is 0 Å². The van der Waals surface area contributed by atoms with E-state index in [0.29, 0.717) is 6.42 Å². The highest BCUT2D eigenvalue weighted by Gasteiger charge is 2.24. The Kier molecular flexibility index (Phi) is 6.49. The number of carbonyl (C=O) groups excluding carboxylic acids is 1. The number of rotatable bonds is 7. The minimum Gasteiger partial charge on any atom is -0.377 e. The van der Waals surface area contributed by atoms with Crippen LogP contribution < -0.4 is 10.2 Å². The van der Waals surface area contributed by atoms with Crippen molar-refractivity contribution >= 4 is 17.3 Å². The third-order valence-electron chi connectivity index (χ3n) is 5.08. The monoisotopic (exact) mass is 372 g/mol. The zero-order chi connectivity index (χ0) is 19.9. The maximum Gasteiger partial charge on any atom is 0.227 e. The molecule has 0 unspecified atom stereocenters. The van der Waals surface area contributed by atoms with Crippen molar-refractivity contribution in [2.24, 2.45) is 0 Å². The minimum absolute atomic E-state index is 0.0522. The van der Waals surface area contributed by atoms with Gasteiger partial charge in [0.05, 0.1) is 17.4 Å². The zero-order valence-corrected chi connectivity index (χ0v) is 16.8. The second kappa shape index (κ2) is 9.23. The number of para-hydroxylation sites is 2. The van der Waals surface area contributed by atoms with E-state index in [1.807, 2.05) is 72.5 Å².